The van der Waals surface area contributed by atoms with E-state index >= 15 is 0 Å². The summed E-state index contributed by atoms with van der Waals surface area (Å²) in [6, 6.07) is 14.2. The van der Waals surface area contributed by atoms with E-state index in [-0.39, 0.29) is 5.41 Å². The van der Waals surface area contributed by atoms with Crippen LogP contribution < -0.4 is 5.01 Å². The molecule has 0 N–H and O–H groups in total. The van der Waals surface area contributed by atoms with Crippen LogP contribution in [0.25, 0.3) is 0 Å². The first kappa shape index (κ1) is 18.7. The van der Waals surface area contributed by atoms with E-state index in [0.717, 1.165) is 5.56 Å². The minimum atomic E-state index is 0.140. The maximum atomic E-state index is 6.35. The van der Waals surface area contributed by atoms with Crippen LogP contribution in [0.5, 0.6) is 0 Å². The third kappa shape index (κ3) is 4.57. The lowest BCUT2D eigenvalue weighted by Crippen LogP contribution is -2.34. The highest BCUT2D eigenvalue weighted by Gasteiger charge is 2.15. The van der Waals surface area contributed by atoms with Crippen LogP contribution in [0.2, 0.25) is 10.0 Å². The van der Waals surface area contributed by atoms with Crippen molar-refractivity contribution in [3.05, 3.63) is 81.9 Å². The number of nitrogens with zero attached hydrogens (tertiary/aromatic N) is 4. The molecule has 0 unspecified atom stereocenters. The SMILES string of the molecule is CC(C)(C)c1ccc(CN(Cc2ccc(Cl)cc2Cl)n2cncn2)cc1. The summed E-state index contributed by atoms with van der Waals surface area (Å²) >= 11 is 12.4. The highest BCUT2D eigenvalue weighted by molar-refractivity contribution is 6.35. The number of benzene rings is 2. The Morgan fingerprint density at radius 3 is 2.31 bits per heavy atom. The standard InChI is InChI=1S/C20H22Cl2N4/c1-20(2,3)17-7-4-15(5-8-17)11-25(26-14-23-13-24-26)12-16-6-9-18(21)10-19(16)22/h4-10,13-14H,11-12H2,1-3H3. The first-order chi connectivity index (χ1) is 12.3. The lowest BCUT2D eigenvalue weighted by atomic mass is 9.87. The van der Waals surface area contributed by atoms with Crippen molar-refractivity contribution in [3.63, 3.8) is 0 Å². The molecule has 0 bridgehead atoms. The number of aromatic nitrogens is 3. The predicted octanol–water partition coefficient (Wildman–Crippen LogP) is 5.22. The zero-order valence-electron chi connectivity index (χ0n) is 15.2. The van der Waals surface area contributed by atoms with Crippen molar-refractivity contribution < 1.29 is 0 Å². The van der Waals surface area contributed by atoms with Gasteiger partial charge in [-0.1, -0.05) is 74.3 Å². The molecule has 136 valence electrons. The second-order valence-corrected chi connectivity index (χ2v) is 8.16. The molecule has 0 saturated carbocycles. The highest BCUT2D eigenvalue weighted by Crippen LogP contribution is 2.24. The molecule has 2 aromatic carbocycles. The van der Waals surface area contributed by atoms with Crippen molar-refractivity contribution in [2.24, 2.45) is 0 Å². The Bertz CT molecular complexity index is 853. The Kier molecular flexibility index (Phi) is 5.54. The molecule has 0 aliphatic carbocycles. The zero-order valence-corrected chi connectivity index (χ0v) is 16.7. The van der Waals surface area contributed by atoms with Gasteiger partial charge in [-0.3, -0.25) is 5.01 Å². The van der Waals surface area contributed by atoms with E-state index in [1.807, 2.05) is 12.1 Å². The summed E-state index contributed by atoms with van der Waals surface area (Å²) in [6.45, 7) is 7.93. The van der Waals surface area contributed by atoms with Gasteiger partial charge in [-0.05, 0) is 34.2 Å². The molecular formula is C20H22Cl2N4. The number of halogens is 2. The molecular weight excluding hydrogens is 367 g/mol. The molecule has 0 fully saturated rings. The van der Waals surface area contributed by atoms with Crippen LogP contribution in [0.3, 0.4) is 0 Å². The maximum Gasteiger partial charge on any atom is 0.139 e. The molecule has 1 aromatic heterocycles. The molecule has 6 heteroatoms. The third-order valence-electron chi connectivity index (χ3n) is 4.25. The molecule has 3 rings (SSSR count). The van der Waals surface area contributed by atoms with Crippen molar-refractivity contribution in [2.45, 2.75) is 39.3 Å². The Morgan fingerprint density at radius 1 is 1.00 bits per heavy atom. The van der Waals surface area contributed by atoms with Crippen molar-refractivity contribution in [2.75, 3.05) is 5.01 Å². The molecule has 4 nitrogen and oxygen atoms in total. The maximum absolute atomic E-state index is 6.35. The van der Waals surface area contributed by atoms with E-state index < -0.39 is 0 Å². The van der Waals surface area contributed by atoms with Gasteiger partial charge in [-0.25, -0.2) is 4.98 Å². The van der Waals surface area contributed by atoms with E-state index in [2.05, 4.69) is 60.1 Å². The average molecular weight is 389 g/mol. The normalized spacial score (nSPS) is 11.6. The molecule has 0 aliphatic rings. The fraction of sp³-hybridized carbons (Fsp3) is 0.300. The number of hydrogen-bond donors (Lipinski definition) is 0. The van der Waals surface area contributed by atoms with E-state index in [1.165, 1.54) is 17.5 Å². The van der Waals surface area contributed by atoms with Crippen molar-refractivity contribution >= 4 is 23.2 Å². The van der Waals surface area contributed by atoms with Crippen LogP contribution in [0.1, 0.15) is 37.5 Å². The monoisotopic (exact) mass is 388 g/mol. The van der Waals surface area contributed by atoms with Crippen molar-refractivity contribution in [3.8, 4) is 0 Å². The summed E-state index contributed by atoms with van der Waals surface area (Å²) in [5.41, 5.74) is 3.63. The quantitative estimate of drug-likeness (QED) is 0.600. The van der Waals surface area contributed by atoms with E-state index in [0.29, 0.717) is 23.1 Å². The van der Waals surface area contributed by atoms with Crippen molar-refractivity contribution in [1.29, 1.82) is 0 Å². The average Bonchev–Trinajstić information content (AvgIpc) is 3.10. The number of hydrogen-bond acceptors (Lipinski definition) is 3. The summed E-state index contributed by atoms with van der Waals surface area (Å²) in [5.74, 6) is 0. The van der Waals surface area contributed by atoms with Crippen LogP contribution in [0, 0.1) is 0 Å². The van der Waals surface area contributed by atoms with Gasteiger partial charge < -0.3 is 0 Å². The first-order valence-corrected chi connectivity index (χ1v) is 9.22. The second-order valence-electron chi connectivity index (χ2n) is 7.32. The Hall–Kier alpha value is -2.04. The van der Waals surface area contributed by atoms with Gasteiger partial charge in [-0.15, -0.1) is 5.10 Å². The van der Waals surface area contributed by atoms with E-state index in [4.69, 9.17) is 23.2 Å². The summed E-state index contributed by atoms with van der Waals surface area (Å²) < 4.78 is 0. The van der Waals surface area contributed by atoms with Crippen LogP contribution in [0.4, 0.5) is 0 Å². The Morgan fingerprint density at radius 2 is 1.73 bits per heavy atom. The number of rotatable bonds is 5. The minimum Gasteiger partial charge on any atom is -0.287 e. The predicted molar refractivity (Wildman–Crippen MR) is 107 cm³/mol. The van der Waals surface area contributed by atoms with Gasteiger partial charge in [0, 0.05) is 10.0 Å². The molecule has 0 radical (unpaired) electrons. The van der Waals surface area contributed by atoms with Gasteiger partial charge in [0.05, 0.1) is 13.1 Å². The van der Waals surface area contributed by atoms with Crippen LogP contribution in [-0.2, 0) is 18.5 Å². The third-order valence-corrected chi connectivity index (χ3v) is 4.84. The molecule has 0 aliphatic heterocycles. The molecule has 0 amide bonds. The lowest BCUT2D eigenvalue weighted by molar-refractivity contribution is 0.519. The van der Waals surface area contributed by atoms with Crippen LogP contribution in [-0.4, -0.2) is 14.9 Å². The topological polar surface area (TPSA) is 34.0 Å². The summed E-state index contributed by atoms with van der Waals surface area (Å²) in [4.78, 5) is 5.80. The lowest BCUT2D eigenvalue weighted by Gasteiger charge is -2.25. The van der Waals surface area contributed by atoms with Gasteiger partial charge in [0.2, 0.25) is 0 Å². The van der Waals surface area contributed by atoms with Gasteiger partial charge in [-0.2, -0.15) is 4.79 Å². The van der Waals surface area contributed by atoms with Crippen LogP contribution >= 0.6 is 23.2 Å². The van der Waals surface area contributed by atoms with Gasteiger partial charge >= 0.3 is 0 Å². The molecule has 0 saturated heterocycles. The van der Waals surface area contributed by atoms with Gasteiger partial charge in [0.1, 0.15) is 12.7 Å². The second kappa shape index (κ2) is 7.68. The Balaban J connectivity index is 1.83. The van der Waals surface area contributed by atoms with Crippen molar-refractivity contribution in [1.82, 2.24) is 14.9 Å². The molecule has 3 aromatic rings. The van der Waals surface area contributed by atoms with Crippen LogP contribution in [0.15, 0.2) is 55.1 Å². The van der Waals surface area contributed by atoms with E-state index in [1.54, 1.807) is 17.2 Å². The largest absolute Gasteiger partial charge is 0.287 e. The molecule has 0 atom stereocenters. The van der Waals surface area contributed by atoms with Gasteiger partial charge in [0.15, 0.2) is 0 Å². The van der Waals surface area contributed by atoms with Gasteiger partial charge in [0.25, 0.3) is 0 Å². The summed E-state index contributed by atoms with van der Waals surface area (Å²) in [6.07, 6.45) is 3.21. The highest BCUT2D eigenvalue weighted by atomic mass is 35.5. The summed E-state index contributed by atoms with van der Waals surface area (Å²) in [7, 11) is 0. The zero-order chi connectivity index (χ0) is 18.7. The molecule has 26 heavy (non-hydrogen) atoms. The molecule has 0 spiro atoms. The first-order valence-electron chi connectivity index (χ1n) is 8.46. The molecule has 1 heterocycles. The summed E-state index contributed by atoms with van der Waals surface area (Å²) in [5, 5.41) is 7.63. The smallest absolute Gasteiger partial charge is 0.139 e. The van der Waals surface area contributed by atoms with E-state index in [9.17, 15) is 0 Å². The minimum absolute atomic E-state index is 0.140. The Labute approximate surface area is 164 Å². The fourth-order valence-corrected chi connectivity index (χ4v) is 3.18. The fourth-order valence-electron chi connectivity index (χ4n) is 2.72.